The molecule has 0 spiro atoms. The summed E-state index contributed by atoms with van der Waals surface area (Å²) >= 11 is 0. The normalized spacial score (nSPS) is 26.6. The van der Waals surface area contributed by atoms with Gasteiger partial charge in [-0.05, 0) is 81.7 Å². The van der Waals surface area contributed by atoms with Crippen molar-refractivity contribution in [1.29, 1.82) is 0 Å². The number of nitrogens with one attached hydrogen (secondary N) is 2. The van der Waals surface area contributed by atoms with Gasteiger partial charge in [-0.1, -0.05) is 0 Å². The summed E-state index contributed by atoms with van der Waals surface area (Å²) in [6.45, 7) is 2.91. The van der Waals surface area contributed by atoms with Crippen molar-refractivity contribution in [3.05, 3.63) is 30.0 Å². The number of methoxy groups -OCH3 is 1. The highest BCUT2D eigenvalue weighted by Gasteiger charge is 2.39. The van der Waals surface area contributed by atoms with Crippen molar-refractivity contribution in [3.8, 4) is 0 Å². The second kappa shape index (κ2) is 9.18. The van der Waals surface area contributed by atoms with Gasteiger partial charge in [0.05, 0.1) is 18.8 Å². The van der Waals surface area contributed by atoms with Gasteiger partial charge in [0, 0.05) is 18.2 Å². The largest absolute Gasteiger partial charge is 0.460 e. The van der Waals surface area contributed by atoms with Gasteiger partial charge in [0.25, 0.3) is 0 Å². The van der Waals surface area contributed by atoms with Gasteiger partial charge in [-0.2, -0.15) is 0 Å². The highest BCUT2D eigenvalue weighted by atomic mass is 16.5. The topological polar surface area (TPSA) is 89.8 Å². The molecule has 1 aromatic heterocycles. The number of furan rings is 1. The number of amides is 1. The van der Waals surface area contributed by atoms with Gasteiger partial charge >= 0.3 is 5.97 Å². The van der Waals surface area contributed by atoms with E-state index in [0.717, 1.165) is 44.0 Å². The summed E-state index contributed by atoms with van der Waals surface area (Å²) in [6.07, 6.45) is 5.78. The summed E-state index contributed by atoms with van der Waals surface area (Å²) in [5.74, 6) is 0.598. The monoisotopic (exact) mass is 414 g/mol. The fourth-order valence-electron chi connectivity index (χ4n) is 4.91. The van der Waals surface area contributed by atoms with Crippen molar-refractivity contribution in [3.63, 3.8) is 0 Å². The second-order valence-corrected chi connectivity index (χ2v) is 8.23. The fourth-order valence-corrected chi connectivity index (χ4v) is 4.91. The third-order valence-electron chi connectivity index (χ3n) is 6.47. The zero-order valence-electron chi connectivity index (χ0n) is 17.6. The van der Waals surface area contributed by atoms with E-state index in [9.17, 15) is 9.59 Å². The van der Waals surface area contributed by atoms with Crippen LogP contribution < -0.4 is 10.6 Å². The van der Waals surface area contributed by atoms with Gasteiger partial charge in [-0.3, -0.25) is 4.79 Å². The predicted molar refractivity (Wildman–Crippen MR) is 113 cm³/mol. The number of rotatable bonds is 6. The standard InChI is InChI=1S/C23H30N2O5/c1-3-29-23(27)20-13-15-12-16(6-9-19(15)30-20)25-22(26)21-18(10-11-24-21)14-4-7-17(28-2)8-5-14/h6,9,12-14,17-18,21,24H,3-5,7-8,10-11H2,1-2H3,(H,25,26)/t14?,17?,18-,21+/m1/s1. The van der Waals surface area contributed by atoms with E-state index in [-0.39, 0.29) is 17.7 Å². The molecule has 1 aromatic carbocycles. The molecule has 30 heavy (non-hydrogen) atoms. The van der Waals surface area contributed by atoms with Crippen LogP contribution in [0.3, 0.4) is 0 Å². The maximum absolute atomic E-state index is 13.0. The smallest absolute Gasteiger partial charge is 0.374 e. The minimum absolute atomic E-state index is 0.000161. The Morgan fingerprint density at radius 3 is 2.70 bits per heavy atom. The van der Waals surface area contributed by atoms with Crippen LogP contribution in [0.15, 0.2) is 28.7 Å². The molecule has 1 aliphatic carbocycles. The van der Waals surface area contributed by atoms with Gasteiger partial charge in [-0.15, -0.1) is 0 Å². The molecule has 4 rings (SSSR count). The summed E-state index contributed by atoms with van der Waals surface area (Å²) in [4.78, 5) is 24.9. The number of hydrogen-bond donors (Lipinski definition) is 2. The van der Waals surface area contributed by atoms with Gasteiger partial charge in [0.15, 0.2) is 0 Å². The summed E-state index contributed by atoms with van der Waals surface area (Å²) in [5.41, 5.74) is 1.28. The Bertz CT molecular complexity index is 900. The van der Waals surface area contributed by atoms with Crippen LogP contribution in [-0.2, 0) is 14.3 Å². The van der Waals surface area contributed by atoms with Crippen LogP contribution >= 0.6 is 0 Å². The van der Waals surface area contributed by atoms with E-state index in [4.69, 9.17) is 13.9 Å². The van der Waals surface area contributed by atoms with E-state index in [0.29, 0.717) is 35.8 Å². The molecule has 2 aromatic rings. The SMILES string of the molecule is CCOC(=O)c1cc2cc(NC(=O)[C@H]3NCC[C@@H]3C3CCC(OC)CC3)ccc2o1. The quantitative estimate of drug-likeness (QED) is 0.700. The molecule has 0 unspecified atom stereocenters. The number of esters is 1. The van der Waals surface area contributed by atoms with Crippen LogP contribution in [0.1, 0.15) is 49.6 Å². The first-order valence-corrected chi connectivity index (χ1v) is 10.9. The van der Waals surface area contributed by atoms with E-state index in [1.807, 2.05) is 6.07 Å². The summed E-state index contributed by atoms with van der Waals surface area (Å²) in [5, 5.41) is 7.20. The molecular weight excluding hydrogens is 384 g/mol. The number of hydrogen-bond acceptors (Lipinski definition) is 6. The van der Waals surface area contributed by atoms with Crippen LogP contribution in [0.5, 0.6) is 0 Å². The second-order valence-electron chi connectivity index (χ2n) is 8.23. The lowest BCUT2D eigenvalue weighted by molar-refractivity contribution is -0.119. The molecule has 2 heterocycles. The van der Waals surface area contributed by atoms with Gasteiger partial charge < -0.3 is 24.5 Å². The lowest BCUT2D eigenvalue weighted by Crippen LogP contribution is -2.43. The Labute approximate surface area is 176 Å². The van der Waals surface area contributed by atoms with E-state index < -0.39 is 5.97 Å². The third kappa shape index (κ3) is 4.37. The Hall–Kier alpha value is -2.38. The zero-order valence-corrected chi connectivity index (χ0v) is 17.6. The number of carbonyl (C=O) groups is 2. The molecule has 7 heteroatoms. The minimum Gasteiger partial charge on any atom is -0.460 e. The maximum Gasteiger partial charge on any atom is 0.374 e. The molecule has 2 atom stereocenters. The summed E-state index contributed by atoms with van der Waals surface area (Å²) < 4.78 is 16.0. The highest BCUT2D eigenvalue weighted by molar-refractivity contribution is 5.98. The molecular formula is C23H30N2O5. The van der Waals surface area contributed by atoms with Crippen molar-refractivity contribution in [1.82, 2.24) is 5.32 Å². The summed E-state index contributed by atoms with van der Waals surface area (Å²) in [6, 6.07) is 6.86. The van der Waals surface area contributed by atoms with Crippen LogP contribution in [0.2, 0.25) is 0 Å². The molecule has 1 saturated heterocycles. The first-order valence-electron chi connectivity index (χ1n) is 10.9. The molecule has 0 bridgehead atoms. The predicted octanol–water partition coefficient (Wildman–Crippen LogP) is 3.73. The molecule has 1 amide bonds. The lowest BCUT2D eigenvalue weighted by Gasteiger charge is -2.33. The first kappa shape index (κ1) is 20.9. The maximum atomic E-state index is 13.0. The Kier molecular flexibility index (Phi) is 6.39. The molecule has 1 aliphatic heterocycles. The van der Waals surface area contributed by atoms with Crippen molar-refractivity contribution >= 4 is 28.5 Å². The average Bonchev–Trinajstić information content (AvgIpc) is 3.41. The van der Waals surface area contributed by atoms with Gasteiger partial charge in [-0.25, -0.2) is 4.79 Å². The number of ether oxygens (including phenoxy) is 2. The summed E-state index contributed by atoms with van der Waals surface area (Å²) in [7, 11) is 1.78. The van der Waals surface area contributed by atoms with Gasteiger partial charge in [0.2, 0.25) is 11.7 Å². The van der Waals surface area contributed by atoms with E-state index >= 15 is 0 Å². The van der Waals surface area contributed by atoms with Crippen molar-refractivity contribution in [2.45, 2.75) is 51.2 Å². The Morgan fingerprint density at radius 1 is 1.17 bits per heavy atom. The number of fused-ring (bicyclic) bond motifs is 1. The van der Waals surface area contributed by atoms with Crippen molar-refractivity contribution in [2.75, 3.05) is 25.6 Å². The van der Waals surface area contributed by atoms with Crippen LogP contribution in [0, 0.1) is 11.8 Å². The highest BCUT2D eigenvalue weighted by Crippen LogP contribution is 2.37. The minimum atomic E-state index is -0.486. The number of benzene rings is 1. The zero-order chi connectivity index (χ0) is 21.1. The number of carbonyl (C=O) groups excluding carboxylic acids is 2. The van der Waals surface area contributed by atoms with E-state index in [1.165, 1.54) is 0 Å². The first-order chi connectivity index (χ1) is 14.6. The van der Waals surface area contributed by atoms with Crippen molar-refractivity contribution < 1.29 is 23.5 Å². The van der Waals surface area contributed by atoms with Crippen molar-refractivity contribution in [2.24, 2.45) is 11.8 Å². The Balaban J connectivity index is 1.42. The van der Waals surface area contributed by atoms with Crippen LogP contribution in [0.4, 0.5) is 5.69 Å². The van der Waals surface area contributed by atoms with E-state index in [2.05, 4.69) is 10.6 Å². The molecule has 2 N–H and O–H groups in total. The van der Waals surface area contributed by atoms with Gasteiger partial charge in [0.1, 0.15) is 5.58 Å². The third-order valence-corrected chi connectivity index (χ3v) is 6.47. The fraction of sp³-hybridized carbons (Fsp3) is 0.565. The molecule has 162 valence electrons. The van der Waals surface area contributed by atoms with Crippen LogP contribution in [-0.4, -0.2) is 44.3 Å². The average molecular weight is 415 g/mol. The molecule has 1 saturated carbocycles. The molecule has 7 nitrogen and oxygen atoms in total. The Morgan fingerprint density at radius 2 is 1.97 bits per heavy atom. The molecule has 2 fully saturated rings. The van der Waals surface area contributed by atoms with Crippen LogP contribution in [0.25, 0.3) is 11.0 Å². The van der Waals surface area contributed by atoms with E-state index in [1.54, 1.807) is 32.2 Å². The molecule has 0 radical (unpaired) electrons. The number of anilines is 1. The molecule has 2 aliphatic rings. The lowest BCUT2D eigenvalue weighted by atomic mass is 9.75.